The fraction of sp³-hybridized carbons (Fsp3) is 1.00. The van der Waals surface area contributed by atoms with Crippen LogP contribution in [-0.2, 0) is 9.47 Å². The first-order valence-corrected chi connectivity index (χ1v) is 3.47. The average molecular weight is 164 g/mol. The Morgan fingerprint density at radius 2 is 2.00 bits per heavy atom. The number of aliphatic hydroxyl groups is 2. The molecule has 2 bridgehead atoms. The van der Waals surface area contributed by atoms with E-state index in [1.165, 1.54) is 0 Å². The van der Waals surface area contributed by atoms with E-state index in [4.69, 9.17) is 19.7 Å². The Bertz CT molecular complexity index is 145. The van der Waals surface area contributed by atoms with Crippen molar-refractivity contribution in [1.82, 2.24) is 0 Å². The van der Waals surface area contributed by atoms with Gasteiger partial charge in [-0.3, -0.25) is 0 Å². The molecule has 0 aromatic heterocycles. The topological polar surface area (TPSA) is 58.9 Å². The molecule has 5 atom stereocenters. The molecule has 64 valence electrons. The lowest BCUT2D eigenvalue weighted by Crippen LogP contribution is -2.51. The molecule has 2 heterocycles. The van der Waals surface area contributed by atoms with Crippen molar-refractivity contribution in [2.45, 2.75) is 30.8 Å². The van der Waals surface area contributed by atoms with Gasteiger partial charge in [-0.05, 0) is 0 Å². The fourth-order valence-corrected chi connectivity index (χ4v) is 1.36. The molecule has 2 fully saturated rings. The van der Waals surface area contributed by atoms with E-state index in [0.717, 1.165) is 0 Å². The molecule has 2 aliphatic rings. The first kappa shape index (κ1) is 7.42. The van der Waals surface area contributed by atoms with E-state index in [-0.39, 0.29) is 6.61 Å². The minimum Gasteiger partial charge on any atom is -0.387 e. The normalized spacial score (nSPS) is 56.5. The van der Waals surface area contributed by atoms with Crippen molar-refractivity contribution in [2.75, 3.05) is 6.61 Å². The summed E-state index contributed by atoms with van der Waals surface area (Å²) in [4.78, 5) is 0. The summed E-state index contributed by atoms with van der Waals surface area (Å²) in [7, 11) is 0. The molecular weight excluding hydrogens is 155 g/mol. The van der Waals surface area contributed by atoms with Crippen LogP contribution in [0.2, 0.25) is 0 Å². The summed E-state index contributed by atoms with van der Waals surface area (Å²) in [6, 6.07) is 0. The van der Waals surface area contributed by atoms with Gasteiger partial charge in [0.1, 0.15) is 18.3 Å². The van der Waals surface area contributed by atoms with Gasteiger partial charge in [0.25, 0.3) is 0 Å². The van der Waals surface area contributed by atoms with E-state index >= 15 is 0 Å². The Hall–Kier alpha value is -0.230. The van der Waals surface area contributed by atoms with Crippen molar-refractivity contribution in [3.8, 4) is 0 Å². The number of rotatable bonds is 0. The highest BCUT2D eigenvalue weighted by molar-refractivity contribution is 4.92. The molecule has 5 heteroatoms. The van der Waals surface area contributed by atoms with Crippen LogP contribution in [0.5, 0.6) is 0 Å². The Kier molecular flexibility index (Phi) is 1.61. The maximum atomic E-state index is 12.9. The third-order valence-corrected chi connectivity index (χ3v) is 2.05. The van der Waals surface area contributed by atoms with Crippen LogP contribution in [0.15, 0.2) is 0 Å². The second-order valence-electron chi connectivity index (χ2n) is 2.80. The molecule has 5 unspecified atom stereocenters. The van der Waals surface area contributed by atoms with Crippen molar-refractivity contribution in [3.05, 3.63) is 0 Å². The summed E-state index contributed by atoms with van der Waals surface area (Å²) in [5.74, 6) is 0. The smallest absolute Gasteiger partial charge is 0.192 e. The molecule has 0 amide bonds. The number of fused-ring (bicyclic) bond motifs is 2. The summed E-state index contributed by atoms with van der Waals surface area (Å²) in [5, 5.41) is 18.2. The van der Waals surface area contributed by atoms with Crippen molar-refractivity contribution < 1.29 is 24.1 Å². The van der Waals surface area contributed by atoms with E-state index in [1.54, 1.807) is 0 Å². The third kappa shape index (κ3) is 0.961. The highest BCUT2D eigenvalue weighted by Crippen LogP contribution is 2.29. The van der Waals surface area contributed by atoms with Crippen LogP contribution in [0.1, 0.15) is 0 Å². The van der Waals surface area contributed by atoms with Gasteiger partial charge in [-0.2, -0.15) is 0 Å². The number of alkyl halides is 1. The standard InChI is InChI=1S/C6H9FO4/c7-3-5(9)4(8)2-1-10-6(3)11-2/h2-6,8-9H,1H2. The Labute approximate surface area is 62.5 Å². The van der Waals surface area contributed by atoms with Crippen LogP contribution < -0.4 is 0 Å². The second kappa shape index (κ2) is 2.38. The molecule has 0 aliphatic carbocycles. The second-order valence-corrected chi connectivity index (χ2v) is 2.80. The number of ether oxygens (including phenoxy) is 2. The Morgan fingerprint density at radius 1 is 1.27 bits per heavy atom. The summed E-state index contributed by atoms with van der Waals surface area (Å²) in [6.45, 7) is 0.156. The van der Waals surface area contributed by atoms with Crippen molar-refractivity contribution in [1.29, 1.82) is 0 Å². The lowest BCUT2D eigenvalue weighted by Gasteiger charge is -2.30. The quantitative estimate of drug-likeness (QED) is 0.472. The van der Waals surface area contributed by atoms with E-state index in [1.807, 2.05) is 0 Å². The molecule has 0 spiro atoms. The molecule has 0 saturated carbocycles. The van der Waals surface area contributed by atoms with Crippen LogP contribution in [0.4, 0.5) is 4.39 Å². The zero-order valence-corrected chi connectivity index (χ0v) is 5.68. The van der Waals surface area contributed by atoms with Gasteiger partial charge >= 0.3 is 0 Å². The Balaban J connectivity index is 2.16. The number of halogens is 1. The van der Waals surface area contributed by atoms with Crippen molar-refractivity contribution in [3.63, 3.8) is 0 Å². The van der Waals surface area contributed by atoms with E-state index in [0.29, 0.717) is 0 Å². The average Bonchev–Trinajstić information content (AvgIpc) is 2.44. The van der Waals surface area contributed by atoms with Gasteiger partial charge in [-0.25, -0.2) is 4.39 Å². The minimum atomic E-state index is -1.64. The fourth-order valence-electron chi connectivity index (χ4n) is 1.36. The molecule has 2 saturated heterocycles. The van der Waals surface area contributed by atoms with E-state index in [9.17, 15) is 4.39 Å². The van der Waals surface area contributed by atoms with Gasteiger partial charge in [-0.1, -0.05) is 0 Å². The van der Waals surface area contributed by atoms with E-state index < -0.39 is 30.8 Å². The van der Waals surface area contributed by atoms with Crippen LogP contribution in [0, 0.1) is 0 Å². The number of hydrogen-bond donors (Lipinski definition) is 2. The lowest BCUT2D eigenvalue weighted by molar-refractivity contribution is -0.207. The third-order valence-electron chi connectivity index (χ3n) is 2.05. The van der Waals surface area contributed by atoms with Crippen molar-refractivity contribution in [2.24, 2.45) is 0 Å². The van der Waals surface area contributed by atoms with Gasteiger partial charge < -0.3 is 19.7 Å². The molecule has 2 rings (SSSR count). The maximum Gasteiger partial charge on any atom is 0.192 e. The maximum absolute atomic E-state index is 12.9. The predicted octanol–water partition coefficient (Wildman–Crippen LogP) is -1.20. The summed E-state index contributed by atoms with van der Waals surface area (Å²) >= 11 is 0. The van der Waals surface area contributed by atoms with Gasteiger partial charge in [0.05, 0.1) is 6.61 Å². The Morgan fingerprint density at radius 3 is 2.73 bits per heavy atom. The molecular formula is C6H9FO4. The zero-order chi connectivity index (χ0) is 8.01. The summed E-state index contributed by atoms with van der Waals surface area (Å²) in [5.41, 5.74) is 0. The van der Waals surface area contributed by atoms with E-state index in [2.05, 4.69) is 0 Å². The van der Waals surface area contributed by atoms with Crippen LogP contribution >= 0.6 is 0 Å². The molecule has 0 radical (unpaired) electrons. The largest absolute Gasteiger partial charge is 0.387 e. The first-order valence-electron chi connectivity index (χ1n) is 3.47. The highest BCUT2D eigenvalue weighted by atomic mass is 19.1. The molecule has 2 aliphatic heterocycles. The summed E-state index contributed by atoms with van der Waals surface area (Å²) in [6.07, 6.45) is -5.73. The molecule has 2 N–H and O–H groups in total. The summed E-state index contributed by atoms with van der Waals surface area (Å²) < 4.78 is 22.6. The molecule has 0 aromatic carbocycles. The van der Waals surface area contributed by atoms with Crippen LogP contribution in [-0.4, -0.2) is 47.6 Å². The van der Waals surface area contributed by atoms with Gasteiger partial charge in [-0.15, -0.1) is 0 Å². The first-order chi connectivity index (χ1) is 5.20. The van der Waals surface area contributed by atoms with Gasteiger partial charge in [0.15, 0.2) is 12.5 Å². The van der Waals surface area contributed by atoms with Crippen LogP contribution in [0.25, 0.3) is 0 Å². The molecule has 4 nitrogen and oxygen atoms in total. The monoisotopic (exact) mass is 164 g/mol. The van der Waals surface area contributed by atoms with Gasteiger partial charge in [0.2, 0.25) is 0 Å². The van der Waals surface area contributed by atoms with Crippen LogP contribution in [0.3, 0.4) is 0 Å². The molecule has 11 heavy (non-hydrogen) atoms. The lowest BCUT2D eigenvalue weighted by atomic mass is 10.0. The minimum absolute atomic E-state index is 0.156. The number of aliphatic hydroxyl groups excluding tert-OH is 2. The highest BCUT2D eigenvalue weighted by Gasteiger charge is 2.49. The number of hydrogen-bond acceptors (Lipinski definition) is 4. The predicted molar refractivity (Wildman–Crippen MR) is 31.5 cm³/mol. The van der Waals surface area contributed by atoms with Gasteiger partial charge in [0, 0.05) is 0 Å². The SMILES string of the molecule is OC1C2COC(O2)C(F)C1O. The molecule has 0 aromatic rings. The van der Waals surface area contributed by atoms with Crippen molar-refractivity contribution >= 4 is 0 Å². The zero-order valence-electron chi connectivity index (χ0n) is 5.68.